The highest BCUT2D eigenvalue weighted by molar-refractivity contribution is 6.31. The first-order valence-corrected chi connectivity index (χ1v) is 9.39. The van der Waals surface area contributed by atoms with Crippen LogP contribution in [0, 0.1) is 20.8 Å². The van der Waals surface area contributed by atoms with Crippen molar-refractivity contribution in [3.8, 4) is 11.3 Å². The standard InChI is InChI=1S/C22H22ClN3O2/c1-13-8-9-14(2)17(12-13)20-10-11-21(27)26(25-20)16(4)22(28)24-19-7-5-6-18(23)15(19)3/h5-12,16H,1-4H3,(H,24,28)/t16-/m1/s1. The second-order valence-corrected chi connectivity index (χ2v) is 7.30. The Morgan fingerprint density at radius 1 is 1.11 bits per heavy atom. The molecule has 0 bridgehead atoms. The van der Waals surface area contributed by atoms with Crippen LogP contribution >= 0.6 is 11.6 Å². The average molecular weight is 396 g/mol. The third-order valence-corrected chi connectivity index (χ3v) is 5.18. The maximum Gasteiger partial charge on any atom is 0.267 e. The zero-order valence-electron chi connectivity index (χ0n) is 16.3. The fourth-order valence-corrected chi connectivity index (χ4v) is 3.12. The van der Waals surface area contributed by atoms with E-state index < -0.39 is 6.04 Å². The smallest absolute Gasteiger partial charge is 0.267 e. The fourth-order valence-electron chi connectivity index (χ4n) is 2.95. The summed E-state index contributed by atoms with van der Waals surface area (Å²) in [6.07, 6.45) is 0. The van der Waals surface area contributed by atoms with Gasteiger partial charge in [-0.1, -0.05) is 35.4 Å². The third-order valence-electron chi connectivity index (χ3n) is 4.77. The molecule has 0 unspecified atom stereocenters. The van der Waals surface area contributed by atoms with E-state index in [4.69, 9.17) is 11.6 Å². The van der Waals surface area contributed by atoms with Crippen molar-refractivity contribution in [2.24, 2.45) is 0 Å². The number of nitrogens with one attached hydrogen (secondary N) is 1. The van der Waals surface area contributed by atoms with Gasteiger partial charge in [0.15, 0.2) is 0 Å². The lowest BCUT2D eigenvalue weighted by Gasteiger charge is -2.17. The Morgan fingerprint density at radius 2 is 1.86 bits per heavy atom. The molecule has 0 radical (unpaired) electrons. The second kappa shape index (κ2) is 7.98. The second-order valence-electron chi connectivity index (χ2n) is 6.90. The van der Waals surface area contributed by atoms with E-state index in [0.29, 0.717) is 16.4 Å². The van der Waals surface area contributed by atoms with Gasteiger partial charge in [0.1, 0.15) is 6.04 Å². The van der Waals surface area contributed by atoms with Gasteiger partial charge in [-0.2, -0.15) is 5.10 Å². The number of aromatic nitrogens is 2. The van der Waals surface area contributed by atoms with Gasteiger partial charge in [0.25, 0.3) is 5.56 Å². The van der Waals surface area contributed by atoms with Crippen LogP contribution in [0.15, 0.2) is 53.3 Å². The van der Waals surface area contributed by atoms with Crippen molar-refractivity contribution < 1.29 is 4.79 Å². The van der Waals surface area contributed by atoms with Crippen LogP contribution in [0.1, 0.15) is 29.7 Å². The number of anilines is 1. The lowest BCUT2D eigenvalue weighted by molar-refractivity contribution is -0.119. The Labute approximate surface area is 169 Å². The molecule has 1 atom stereocenters. The molecular formula is C22H22ClN3O2. The number of nitrogens with zero attached hydrogens (tertiary/aromatic N) is 2. The molecule has 0 aliphatic carbocycles. The van der Waals surface area contributed by atoms with Gasteiger partial charge in [-0.15, -0.1) is 0 Å². The number of rotatable bonds is 4. The van der Waals surface area contributed by atoms with Gasteiger partial charge in [-0.05, 0) is 63.1 Å². The third kappa shape index (κ3) is 3.99. The molecule has 1 amide bonds. The summed E-state index contributed by atoms with van der Waals surface area (Å²) in [7, 11) is 0. The maximum absolute atomic E-state index is 12.7. The SMILES string of the molecule is Cc1ccc(C)c(-c2ccc(=O)n([C@H](C)C(=O)Nc3cccc(Cl)c3C)n2)c1. The van der Waals surface area contributed by atoms with E-state index in [9.17, 15) is 9.59 Å². The van der Waals surface area contributed by atoms with E-state index in [2.05, 4.69) is 10.4 Å². The maximum atomic E-state index is 12.7. The molecule has 2 aromatic carbocycles. The van der Waals surface area contributed by atoms with Crippen molar-refractivity contribution in [1.29, 1.82) is 0 Å². The Kier molecular flexibility index (Phi) is 5.66. The first-order valence-electron chi connectivity index (χ1n) is 9.01. The van der Waals surface area contributed by atoms with Crippen LogP contribution < -0.4 is 10.9 Å². The van der Waals surface area contributed by atoms with Crippen LogP contribution in [0.4, 0.5) is 5.69 Å². The van der Waals surface area contributed by atoms with E-state index >= 15 is 0 Å². The van der Waals surface area contributed by atoms with E-state index in [-0.39, 0.29) is 11.5 Å². The topological polar surface area (TPSA) is 64.0 Å². The van der Waals surface area contributed by atoms with Gasteiger partial charge >= 0.3 is 0 Å². The molecule has 1 N–H and O–H groups in total. The fraction of sp³-hybridized carbons (Fsp3) is 0.227. The van der Waals surface area contributed by atoms with Gasteiger partial charge in [0.2, 0.25) is 5.91 Å². The Bertz CT molecular complexity index is 1110. The first-order chi connectivity index (χ1) is 13.3. The Balaban J connectivity index is 1.94. The van der Waals surface area contributed by atoms with E-state index in [0.717, 1.165) is 22.3 Å². The molecule has 3 aromatic rings. The normalized spacial score (nSPS) is 11.9. The molecule has 6 heteroatoms. The minimum Gasteiger partial charge on any atom is -0.324 e. The minimum atomic E-state index is -0.782. The van der Waals surface area contributed by atoms with Gasteiger partial charge in [0.05, 0.1) is 5.69 Å². The van der Waals surface area contributed by atoms with Crippen molar-refractivity contribution >= 4 is 23.2 Å². The first kappa shape index (κ1) is 19.8. The lowest BCUT2D eigenvalue weighted by atomic mass is 10.0. The molecular weight excluding hydrogens is 374 g/mol. The zero-order chi connectivity index (χ0) is 20.4. The molecule has 0 spiro atoms. The summed E-state index contributed by atoms with van der Waals surface area (Å²) in [5, 5.41) is 7.86. The molecule has 1 aromatic heterocycles. The predicted molar refractivity (Wildman–Crippen MR) is 113 cm³/mol. The molecule has 0 aliphatic heterocycles. The number of hydrogen-bond acceptors (Lipinski definition) is 3. The molecule has 0 fully saturated rings. The highest BCUT2D eigenvalue weighted by atomic mass is 35.5. The van der Waals surface area contributed by atoms with Gasteiger partial charge in [0, 0.05) is 22.3 Å². The summed E-state index contributed by atoms with van der Waals surface area (Å²) >= 11 is 6.12. The number of hydrogen-bond donors (Lipinski definition) is 1. The Morgan fingerprint density at radius 3 is 2.61 bits per heavy atom. The van der Waals surface area contributed by atoms with Crippen LogP contribution in [0.25, 0.3) is 11.3 Å². The summed E-state index contributed by atoms with van der Waals surface area (Å²) in [6, 6.07) is 13.7. The molecule has 0 saturated carbocycles. The van der Waals surface area contributed by atoms with Crippen LogP contribution in [0.3, 0.4) is 0 Å². The summed E-state index contributed by atoms with van der Waals surface area (Å²) in [6.45, 7) is 7.47. The Hall–Kier alpha value is -2.92. The predicted octanol–water partition coefficient (Wildman–Crippen LogP) is 4.69. The number of amides is 1. The monoisotopic (exact) mass is 395 g/mol. The quantitative estimate of drug-likeness (QED) is 0.697. The highest BCUT2D eigenvalue weighted by Crippen LogP contribution is 2.24. The summed E-state index contributed by atoms with van der Waals surface area (Å²) < 4.78 is 1.21. The number of carbonyl (C=O) groups excluding carboxylic acids is 1. The van der Waals surface area contributed by atoms with Crippen LogP contribution in [-0.2, 0) is 4.79 Å². The molecule has 0 aliphatic rings. The van der Waals surface area contributed by atoms with Crippen molar-refractivity contribution in [3.63, 3.8) is 0 Å². The van der Waals surface area contributed by atoms with Gasteiger partial charge < -0.3 is 5.32 Å². The number of halogens is 1. The minimum absolute atomic E-state index is 0.334. The van der Waals surface area contributed by atoms with Gasteiger partial charge in [-0.25, -0.2) is 4.68 Å². The van der Waals surface area contributed by atoms with E-state index in [1.807, 2.05) is 39.0 Å². The molecule has 28 heavy (non-hydrogen) atoms. The van der Waals surface area contributed by atoms with Crippen molar-refractivity contribution in [3.05, 3.63) is 80.6 Å². The largest absolute Gasteiger partial charge is 0.324 e. The molecule has 144 valence electrons. The van der Waals surface area contributed by atoms with Crippen molar-refractivity contribution in [1.82, 2.24) is 9.78 Å². The number of carbonyl (C=O) groups is 1. The summed E-state index contributed by atoms with van der Waals surface area (Å²) in [5.74, 6) is -0.335. The molecule has 0 saturated heterocycles. The summed E-state index contributed by atoms with van der Waals surface area (Å²) in [5.41, 5.74) is 4.79. The lowest BCUT2D eigenvalue weighted by Crippen LogP contribution is -2.33. The van der Waals surface area contributed by atoms with E-state index in [1.165, 1.54) is 10.7 Å². The summed E-state index contributed by atoms with van der Waals surface area (Å²) in [4.78, 5) is 25.1. The van der Waals surface area contributed by atoms with Crippen LogP contribution in [-0.4, -0.2) is 15.7 Å². The zero-order valence-corrected chi connectivity index (χ0v) is 17.0. The molecule has 1 heterocycles. The van der Waals surface area contributed by atoms with Crippen molar-refractivity contribution in [2.75, 3.05) is 5.32 Å². The van der Waals surface area contributed by atoms with Crippen LogP contribution in [0.5, 0.6) is 0 Å². The van der Waals surface area contributed by atoms with Crippen molar-refractivity contribution in [2.45, 2.75) is 33.7 Å². The van der Waals surface area contributed by atoms with E-state index in [1.54, 1.807) is 31.2 Å². The highest BCUT2D eigenvalue weighted by Gasteiger charge is 2.19. The number of aryl methyl sites for hydroxylation is 2. The average Bonchev–Trinajstić information content (AvgIpc) is 2.67. The number of benzene rings is 2. The molecule has 3 rings (SSSR count). The van der Waals surface area contributed by atoms with Crippen LogP contribution in [0.2, 0.25) is 5.02 Å². The molecule has 5 nitrogen and oxygen atoms in total. The van der Waals surface area contributed by atoms with Gasteiger partial charge in [-0.3, -0.25) is 9.59 Å².